The van der Waals surface area contributed by atoms with Crippen molar-refractivity contribution in [2.75, 3.05) is 11.9 Å². The molecule has 0 radical (unpaired) electrons. The van der Waals surface area contributed by atoms with Crippen LogP contribution in [0.4, 0.5) is 18.9 Å². The molecule has 2 N–H and O–H groups in total. The molecule has 2 amide bonds. The summed E-state index contributed by atoms with van der Waals surface area (Å²) in [6, 6.07) is 10.4. The van der Waals surface area contributed by atoms with E-state index in [4.69, 9.17) is 0 Å². The molecule has 0 saturated carbocycles. The van der Waals surface area contributed by atoms with Gasteiger partial charge in [-0.05, 0) is 42.8 Å². The van der Waals surface area contributed by atoms with Gasteiger partial charge in [-0.2, -0.15) is 13.2 Å². The van der Waals surface area contributed by atoms with Gasteiger partial charge >= 0.3 is 6.18 Å². The molecule has 0 aliphatic rings. The summed E-state index contributed by atoms with van der Waals surface area (Å²) in [7, 11) is 0. The Kier molecular flexibility index (Phi) is 5.80. The summed E-state index contributed by atoms with van der Waals surface area (Å²) in [6.07, 6.45) is -3.71. The lowest BCUT2D eigenvalue weighted by atomic mass is 10.1. The molecule has 0 aliphatic heterocycles. The molecule has 7 heteroatoms. The fourth-order valence-corrected chi connectivity index (χ4v) is 2.12. The largest absolute Gasteiger partial charge is 0.416 e. The van der Waals surface area contributed by atoms with Gasteiger partial charge in [-0.1, -0.05) is 19.1 Å². The van der Waals surface area contributed by atoms with E-state index in [0.717, 1.165) is 18.6 Å². The number of hydrogen-bond acceptors (Lipinski definition) is 2. The monoisotopic (exact) mass is 350 g/mol. The fraction of sp³-hybridized carbons (Fsp3) is 0.222. The van der Waals surface area contributed by atoms with Gasteiger partial charge in [-0.3, -0.25) is 9.59 Å². The second-order valence-corrected chi connectivity index (χ2v) is 5.37. The van der Waals surface area contributed by atoms with Crippen molar-refractivity contribution in [3.63, 3.8) is 0 Å². The van der Waals surface area contributed by atoms with Crippen LogP contribution >= 0.6 is 0 Å². The molecule has 0 aliphatic carbocycles. The van der Waals surface area contributed by atoms with E-state index in [1.807, 2.05) is 6.92 Å². The second kappa shape index (κ2) is 7.83. The van der Waals surface area contributed by atoms with Gasteiger partial charge in [0, 0.05) is 23.4 Å². The number of alkyl halides is 3. The van der Waals surface area contributed by atoms with Crippen LogP contribution in [0.25, 0.3) is 0 Å². The third kappa shape index (κ3) is 5.07. The lowest BCUT2D eigenvalue weighted by Gasteiger charge is -2.10. The van der Waals surface area contributed by atoms with Crippen LogP contribution in [-0.2, 0) is 6.18 Å². The molecule has 0 unspecified atom stereocenters. The number of hydrogen-bond donors (Lipinski definition) is 2. The Morgan fingerprint density at radius 3 is 2.24 bits per heavy atom. The van der Waals surface area contributed by atoms with Gasteiger partial charge in [0.05, 0.1) is 5.56 Å². The molecule has 0 spiro atoms. The standard InChI is InChI=1S/C18H17F3N2O2/c1-2-9-22-16(24)12-5-3-6-13(10-12)17(25)23-15-8-4-7-14(11-15)18(19,20)21/h3-8,10-11H,2,9H2,1H3,(H,22,24)(H,23,25). The number of anilines is 1. The zero-order valence-electron chi connectivity index (χ0n) is 13.5. The highest BCUT2D eigenvalue weighted by Gasteiger charge is 2.30. The zero-order chi connectivity index (χ0) is 18.4. The quantitative estimate of drug-likeness (QED) is 0.853. The van der Waals surface area contributed by atoms with Gasteiger partial charge in [0.2, 0.25) is 0 Å². The molecular formula is C18H17F3N2O2. The van der Waals surface area contributed by atoms with E-state index in [9.17, 15) is 22.8 Å². The van der Waals surface area contributed by atoms with Gasteiger partial charge < -0.3 is 10.6 Å². The molecule has 0 saturated heterocycles. The van der Waals surface area contributed by atoms with E-state index in [0.29, 0.717) is 12.1 Å². The third-order valence-corrected chi connectivity index (χ3v) is 3.37. The van der Waals surface area contributed by atoms with Gasteiger partial charge in [0.15, 0.2) is 0 Å². The first-order valence-corrected chi connectivity index (χ1v) is 7.68. The molecule has 0 aromatic heterocycles. The minimum absolute atomic E-state index is 0.0284. The predicted molar refractivity (Wildman–Crippen MR) is 88.5 cm³/mol. The smallest absolute Gasteiger partial charge is 0.352 e. The first-order chi connectivity index (χ1) is 11.8. The van der Waals surface area contributed by atoms with E-state index in [1.165, 1.54) is 24.3 Å². The van der Waals surface area contributed by atoms with Crippen LogP contribution < -0.4 is 10.6 Å². The number of halogens is 3. The normalized spacial score (nSPS) is 11.0. The highest BCUT2D eigenvalue weighted by molar-refractivity contribution is 6.06. The fourth-order valence-electron chi connectivity index (χ4n) is 2.12. The summed E-state index contributed by atoms with van der Waals surface area (Å²) in [5, 5.41) is 5.10. The van der Waals surface area contributed by atoms with Crippen molar-refractivity contribution in [3.8, 4) is 0 Å². The second-order valence-electron chi connectivity index (χ2n) is 5.37. The lowest BCUT2D eigenvalue weighted by Crippen LogP contribution is -2.24. The van der Waals surface area contributed by atoms with Crippen molar-refractivity contribution in [1.82, 2.24) is 5.32 Å². The van der Waals surface area contributed by atoms with E-state index in [-0.39, 0.29) is 17.2 Å². The maximum Gasteiger partial charge on any atom is 0.416 e. The summed E-state index contributed by atoms with van der Waals surface area (Å²) < 4.78 is 38.1. The molecule has 132 valence electrons. The first kappa shape index (κ1) is 18.5. The number of nitrogens with one attached hydrogen (secondary N) is 2. The van der Waals surface area contributed by atoms with Crippen molar-refractivity contribution < 1.29 is 22.8 Å². The highest BCUT2D eigenvalue weighted by atomic mass is 19.4. The van der Waals surface area contributed by atoms with Gasteiger partial charge in [0.1, 0.15) is 0 Å². The molecule has 4 nitrogen and oxygen atoms in total. The van der Waals surface area contributed by atoms with Crippen molar-refractivity contribution in [2.24, 2.45) is 0 Å². The first-order valence-electron chi connectivity index (χ1n) is 7.68. The Balaban J connectivity index is 2.15. The molecule has 2 aromatic rings. The van der Waals surface area contributed by atoms with Crippen LogP contribution in [0.1, 0.15) is 39.6 Å². The van der Waals surface area contributed by atoms with Crippen molar-refractivity contribution in [3.05, 3.63) is 65.2 Å². The Hall–Kier alpha value is -2.83. The minimum atomic E-state index is -4.49. The molecule has 0 atom stereocenters. The average Bonchev–Trinajstić information content (AvgIpc) is 2.59. The average molecular weight is 350 g/mol. The predicted octanol–water partition coefficient (Wildman–Crippen LogP) is 4.10. The Labute approximate surface area is 143 Å². The molecule has 2 rings (SSSR count). The number of carbonyl (C=O) groups is 2. The van der Waals surface area contributed by atoms with E-state index in [2.05, 4.69) is 10.6 Å². The van der Waals surface area contributed by atoms with Crippen LogP contribution in [0.5, 0.6) is 0 Å². The SMILES string of the molecule is CCCNC(=O)c1cccc(C(=O)Nc2cccc(C(F)(F)F)c2)c1. The summed E-state index contributed by atoms with van der Waals surface area (Å²) in [6.45, 7) is 2.43. The number of amides is 2. The third-order valence-electron chi connectivity index (χ3n) is 3.37. The van der Waals surface area contributed by atoms with Gasteiger partial charge in [-0.25, -0.2) is 0 Å². The molecular weight excluding hydrogens is 333 g/mol. The van der Waals surface area contributed by atoms with E-state index in [1.54, 1.807) is 12.1 Å². The van der Waals surface area contributed by atoms with Crippen LogP contribution in [-0.4, -0.2) is 18.4 Å². The van der Waals surface area contributed by atoms with Crippen LogP contribution in [0.3, 0.4) is 0 Å². The van der Waals surface area contributed by atoms with Crippen LogP contribution in [0.15, 0.2) is 48.5 Å². The Bertz CT molecular complexity index is 773. The maximum absolute atomic E-state index is 12.7. The maximum atomic E-state index is 12.7. The highest BCUT2D eigenvalue weighted by Crippen LogP contribution is 2.30. The summed E-state index contributed by atoms with van der Waals surface area (Å²) in [5.74, 6) is -0.903. The number of benzene rings is 2. The topological polar surface area (TPSA) is 58.2 Å². The van der Waals surface area contributed by atoms with Crippen molar-refractivity contribution in [1.29, 1.82) is 0 Å². The van der Waals surface area contributed by atoms with Crippen LogP contribution in [0, 0.1) is 0 Å². The minimum Gasteiger partial charge on any atom is -0.352 e. The Morgan fingerprint density at radius 2 is 1.60 bits per heavy atom. The number of rotatable bonds is 5. The lowest BCUT2D eigenvalue weighted by molar-refractivity contribution is -0.137. The molecule has 0 heterocycles. The summed E-state index contributed by atoms with van der Waals surface area (Å²) in [4.78, 5) is 24.2. The summed E-state index contributed by atoms with van der Waals surface area (Å²) >= 11 is 0. The summed E-state index contributed by atoms with van der Waals surface area (Å²) in [5.41, 5.74) is -0.328. The van der Waals surface area contributed by atoms with E-state index < -0.39 is 17.6 Å². The molecule has 25 heavy (non-hydrogen) atoms. The van der Waals surface area contributed by atoms with Crippen molar-refractivity contribution >= 4 is 17.5 Å². The van der Waals surface area contributed by atoms with Gasteiger partial charge in [0.25, 0.3) is 11.8 Å². The van der Waals surface area contributed by atoms with E-state index >= 15 is 0 Å². The number of carbonyl (C=O) groups excluding carboxylic acids is 2. The van der Waals surface area contributed by atoms with Crippen molar-refractivity contribution in [2.45, 2.75) is 19.5 Å². The Morgan fingerprint density at radius 1 is 0.960 bits per heavy atom. The van der Waals surface area contributed by atoms with Gasteiger partial charge in [-0.15, -0.1) is 0 Å². The zero-order valence-corrected chi connectivity index (χ0v) is 13.5. The molecule has 0 fully saturated rings. The van der Waals surface area contributed by atoms with Crippen LogP contribution in [0.2, 0.25) is 0 Å². The molecule has 0 bridgehead atoms. The molecule has 2 aromatic carbocycles.